The molecule has 4 aliphatic heterocycles. The second kappa shape index (κ2) is 11.5. The van der Waals surface area contributed by atoms with E-state index >= 15 is 0 Å². The Kier molecular flexibility index (Phi) is 8.26. The number of benzene rings is 1. The maximum absolute atomic E-state index is 13.6. The molecular weight excluding hydrogens is 530 g/mol. The molecule has 0 bridgehead atoms. The summed E-state index contributed by atoms with van der Waals surface area (Å²) in [6, 6.07) is 8.51. The second-order valence-electron chi connectivity index (χ2n) is 10.6. The average molecular weight is 564 g/mol. The number of rotatable bonds is 7. The van der Waals surface area contributed by atoms with E-state index < -0.39 is 22.2 Å². The van der Waals surface area contributed by atoms with E-state index in [9.17, 15) is 18.0 Å². The van der Waals surface area contributed by atoms with E-state index in [2.05, 4.69) is 11.4 Å². The molecule has 1 aromatic carbocycles. The lowest BCUT2D eigenvalue weighted by atomic mass is 9.97. The predicted octanol–water partition coefficient (Wildman–Crippen LogP) is 2.08. The molecule has 0 spiro atoms. The van der Waals surface area contributed by atoms with Crippen molar-refractivity contribution >= 4 is 33.6 Å². The predicted molar refractivity (Wildman–Crippen MR) is 140 cm³/mol. The molecule has 206 valence electrons. The number of ether oxygens (including phenoxy) is 1. The molecule has 38 heavy (non-hydrogen) atoms. The number of halogens is 1. The first kappa shape index (κ1) is 27.3. The number of carbonyl (C=O) groups excluding carboxylic acids is 2. The van der Waals surface area contributed by atoms with E-state index in [0.717, 1.165) is 18.4 Å². The molecule has 0 aliphatic carbocycles. The van der Waals surface area contributed by atoms with E-state index in [0.29, 0.717) is 50.4 Å². The van der Waals surface area contributed by atoms with E-state index in [1.165, 1.54) is 8.61 Å². The Morgan fingerprint density at radius 2 is 1.76 bits per heavy atom. The molecule has 10 nitrogen and oxygen atoms in total. The normalized spacial score (nSPS) is 28.0. The highest BCUT2D eigenvalue weighted by molar-refractivity contribution is 7.86. The summed E-state index contributed by atoms with van der Waals surface area (Å²) < 4.78 is 34.6. The van der Waals surface area contributed by atoms with Gasteiger partial charge in [-0.1, -0.05) is 23.7 Å². The first-order valence-electron chi connectivity index (χ1n) is 13.4. The van der Waals surface area contributed by atoms with Crippen LogP contribution in [0.25, 0.3) is 0 Å². The number of piperidine rings is 1. The third-order valence-corrected chi connectivity index (χ3v) is 10.3. The lowest BCUT2D eigenvalue weighted by molar-refractivity contribution is -0.143. The number of nitriles is 1. The van der Waals surface area contributed by atoms with Gasteiger partial charge in [0, 0.05) is 44.4 Å². The van der Waals surface area contributed by atoms with Crippen molar-refractivity contribution in [2.24, 2.45) is 11.8 Å². The fourth-order valence-electron chi connectivity index (χ4n) is 5.94. The lowest BCUT2D eigenvalue weighted by Gasteiger charge is -2.41. The van der Waals surface area contributed by atoms with Crippen LogP contribution in [0.2, 0.25) is 5.02 Å². The standard InChI is InChI=1S/C26H34ClN5O5S/c27-21-9-7-19(8-10-21)24(23-6-3-13-37-23)29-25(33)22-5-2-12-32(22)26(34)20-4-1-11-30(17-20)38(35,36)31-15-18(14-28)16-31/h7-10,18,20,22-24H,1-6,11-13,15-17H2,(H,29,33)/t20-,22+,23+,24+/m0/s1. The van der Waals surface area contributed by atoms with E-state index in [1.807, 2.05) is 12.1 Å². The second-order valence-corrected chi connectivity index (χ2v) is 13.0. The van der Waals surface area contributed by atoms with E-state index in [4.69, 9.17) is 21.6 Å². The van der Waals surface area contributed by atoms with Crippen molar-refractivity contribution in [3.8, 4) is 6.07 Å². The Balaban J connectivity index is 1.25. The Labute approximate surface area is 229 Å². The van der Waals surface area contributed by atoms with Crippen molar-refractivity contribution in [1.82, 2.24) is 18.8 Å². The molecule has 1 aromatic rings. The largest absolute Gasteiger partial charge is 0.376 e. The van der Waals surface area contributed by atoms with Gasteiger partial charge >= 0.3 is 0 Å². The molecule has 4 atom stereocenters. The number of hydrogen-bond donors (Lipinski definition) is 1. The molecule has 4 saturated heterocycles. The topological polar surface area (TPSA) is 123 Å². The quantitative estimate of drug-likeness (QED) is 0.542. The number of amides is 2. The lowest BCUT2D eigenvalue weighted by Crippen LogP contribution is -2.57. The van der Waals surface area contributed by atoms with Gasteiger partial charge < -0.3 is 15.0 Å². The number of hydrogen-bond acceptors (Lipinski definition) is 6. The van der Waals surface area contributed by atoms with Crippen molar-refractivity contribution < 1.29 is 22.7 Å². The maximum atomic E-state index is 13.6. The highest BCUT2D eigenvalue weighted by Crippen LogP contribution is 2.31. The van der Waals surface area contributed by atoms with Crippen LogP contribution in [0.1, 0.15) is 50.1 Å². The first-order chi connectivity index (χ1) is 18.3. The van der Waals surface area contributed by atoms with Gasteiger partial charge in [0.1, 0.15) is 6.04 Å². The number of likely N-dealkylation sites (tertiary alicyclic amines) is 1. The molecule has 0 saturated carbocycles. The summed E-state index contributed by atoms with van der Waals surface area (Å²) in [6.07, 6.45) is 4.05. The molecule has 2 amide bonds. The molecule has 0 unspecified atom stereocenters. The minimum Gasteiger partial charge on any atom is -0.376 e. The number of nitrogens with zero attached hydrogens (tertiary/aromatic N) is 4. The van der Waals surface area contributed by atoms with Gasteiger partial charge in [0.05, 0.1) is 30.1 Å². The molecule has 12 heteroatoms. The molecule has 0 radical (unpaired) electrons. The summed E-state index contributed by atoms with van der Waals surface area (Å²) in [7, 11) is -3.71. The minimum absolute atomic E-state index is 0.100. The Morgan fingerprint density at radius 1 is 1.03 bits per heavy atom. The highest BCUT2D eigenvalue weighted by Gasteiger charge is 2.44. The van der Waals surface area contributed by atoms with Gasteiger partial charge in [-0.05, 0) is 56.2 Å². The maximum Gasteiger partial charge on any atom is 0.282 e. The van der Waals surface area contributed by atoms with Crippen LogP contribution in [-0.2, 0) is 24.5 Å². The fraction of sp³-hybridized carbons (Fsp3) is 0.654. The zero-order valence-corrected chi connectivity index (χ0v) is 22.9. The summed E-state index contributed by atoms with van der Waals surface area (Å²) in [5, 5.41) is 12.8. The monoisotopic (exact) mass is 563 g/mol. The molecule has 4 heterocycles. The van der Waals surface area contributed by atoms with Crippen LogP contribution in [-0.4, -0.2) is 85.2 Å². The van der Waals surface area contributed by atoms with Crippen molar-refractivity contribution in [3.63, 3.8) is 0 Å². The van der Waals surface area contributed by atoms with Crippen LogP contribution in [0, 0.1) is 23.2 Å². The van der Waals surface area contributed by atoms with Crippen LogP contribution in [0.3, 0.4) is 0 Å². The van der Waals surface area contributed by atoms with E-state index in [-0.39, 0.29) is 49.5 Å². The smallest absolute Gasteiger partial charge is 0.282 e. The highest BCUT2D eigenvalue weighted by atomic mass is 35.5. The molecule has 0 aromatic heterocycles. The third-order valence-electron chi connectivity index (χ3n) is 8.12. The Hall–Kier alpha value is -2.23. The summed E-state index contributed by atoms with van der Waals surface area (Å²) >= 11 is 6.07. The van der Waals surface area contributed by atoms with Crippen LogP contribution < -0.4 is 5.32 Å². The van der Waals surface area contributed by atoms with Gasteiger partial charge in [-0.25, -0.2) is 0 Å². The molecule has 5 rings (SSSR count). The Morgan fingerprint density at radius 3 is 2.45 bits per heavy atom. The molecule has 4 aliphatic rings. The van der Waals surface area contributed by atoms with E-state index in [1.54, 1.807) is 17.0 Å². The summed E-state index contributed by atoms with van der Waals surface area (Å²) in [5.74, 6) is -1.15. The van der Waals surface area contributed by atoms with Crippen LogP contribution >= 0.6 is 11.6 Å². The Bertz CT molecular complexity index is 1180. The summed E-state index contributed by atoms with van der Waals surface area (Å²) in [6.45, 7) is 1.97. The summed E-state index contributed by atoms with van der Waals surface area (Å²) in [5.41, 5.74) is 0.906. The number of nitrogens with one attached hydrogen (secondary N) is 1. The van der Waals surface area contributed by atoms with Crippen molar-refractivity contribution in [3.05, 3.63) is 34.9 Å². The van der Waals surface area contributed by atoms with Gasteiger partial charge in [0.25, 0.3) is 10.2 Å². The third kappa shape index (κ3) is 5.56. The van der Waals surface area contributed by atoms with Crippen LogP contribution in [0.15, 0.2) is 24.3 Å². The molecule has 1 N–H and O–H groups in total. The minimum atomic E-state index is -3.71. The average Bonchev–Trinajstić information content (AvgIpc) is 3.59. The number of carbonyl (C=O) groups is 2. The first-order valence-corrected chi connectivity index (χ1v) is 15.2. The van der Waals surface area contributed by atoms with Gasteiger partial charge in [-0.15, -0.1) is 0 Å². The van der Waals surface area contributed by atoms with Crippen LogP contribution in [0.5, 0.6) is 0 Å². The van der Waals surface area contributed by atoms with Crippen molar-refractivity contribution in [2.45, 2.75) is 56.7 Å². The summed E-state index contributed by atoms with van der Waals surface area (Å²) in [4.78, 5) is 28.8. The zero-order valence-electron chi connectivity index (χ0n) is 21.3. The van der Waals surface area contributed by atoms with Crippen molar-refractivity contribution in [1.29, 1.82) is 5.26 Å². The SMILES string of the molecule is N#CC1CN(S(=O)(=O)N2CCC[C@H](C(=O)N3CCC[C@@H]3C(=O)N[C@H](c3ccc(Cl)cc3)[C@H]3CCCO3)C2)C1. The molecular formula is C26H34ClN5O5S. The van der Waals surface area contributed by atoms with Crippen LogP contribution in [0.4, 0.5) is 0 Å². The fourth-order valence-corrected chi connectivity index (χ4v) is 7.86. The van der Waals surface area contributed by atoms with Gasteiger partial charge in [-0.3, -0.25) is 9.59 Å². The van der Waals surface area contributed by atoms with Gasteiger partial charge in [0.15, 0.2) is 0 Å². The van der Waals surface area contributed by atoms with Crippen molar-refractivity contribution in [2.75, 3.05) is 39.3 Å². The van der Waals surface area contributed by atoms with Gasteiger partial charge in [0.2, 0.25) is 11.8 Å². The zero-order chi connectivity index (χ0) is 26.9. The molecule has 4 fully saturated rings. The van der Waals surface area contributed by atoms with Gasteiger partial charge in [-0.2, -0.15) is 22.3 Å².